The molecular formula is C26H21F3N2O. The van der Waals surface area contributed by atoms with Gasteiger partial charge in [0.1, 0.15) is 0 Å². The molecule has 5 rings (SSSR count). The average molecular weight is 434 g/mol. The van der Waals surface area contributed by atoms with Crippen molar-refractivity contribution in [3.8, 4) is 0 Å². The number of halogens is 3. The van der Waals surface area contributed by atoms with Crippen LogP contribution in [0.15, 0.2) is 85.1 Å². The smallest absolute Gasteiger partial charge is 0.342 e. The van der Waals surface area contributed by atoms with Crippen molar-refractivity contribution in [2.45, 2.75) is 31.1 Å². The summed E-state index contributed by atoms with van der Waals surface area (Å²) in [5.41, 5.74) is 2.16. The van der Waals surface area contributed by atoms with Gasteiger partial charge < -0.3 is 9.88 Å². The Morgan fingerprint density at radius 1 is 0.906 bits per heavy atom. The van der Waals surface area contributed by atoms with E-state index >= 15 is 0 Å². The number of benzene rings is 3. The van der Waals surface area contributed by atoms with Crippen LogP contribution in [0, 0.1) is 0 Å². The van der Waals surface area contributed by atoms with Gasteiger partial charge in [-0.05, 0) is 48.2 Å². The number of hydrogen-bond donors (Lipinski definition) is 1. The lowest BCUT2D eigenvalue weighted by Crippen LogP contribution is -2.35. The number of hydrogen-bond acceptors (Lipinski definition) is 1. The first-order valence-electron chi connectivity index (χ1n) is 10.5. The molecule has 0 aliphatic heterocycles. The zero-order chi connectivity index (χ0) is 22.3. The highest BCUT2D eigenvalue weighted by Gasteiger charge is 2.45. The Bertz CT molecular complexity index is 1270. The van der Waals surface area contributed by atoms with E-state index in [2.05, 4.69) is 5.32 Å². The third kappa shape index (κ3) is 3.77. The Labute approximate surface area is 183 Å². The number of rotatable bonds is 5. The molecule has 3 aromatic carbocycles. The highest BCUT2D eigenvalue weighted by atomic mass is 19.4. The van der Waals surface area contributed by atoms with Gasteiger partial charge in [0.2, 0.25) is 0 Å². The summed E-state index contributed by atoms with van der Waals surface area (Å²) < 4.78 is 40.5. The molecule has 0 radical (unpaired) electrons. The third-order valence-corrected chi connectivity index (χ3v) is 6.10. The van der Waals surface area contributed by atoms with Crippen molar-refractivity contribution in [1.29, 1.82) is 0 Å². The second kappa shape index (κ2) is 7.55. The number of carbonyl (C=O) groups is 1. The van der Waals surface area contributed by atoms with Crippen LogP contribution in [-0.2, 0) is 18.3 Å². The maximum absolute atomic E-state index is 13.3. The minimum atomic E-state index is -4.36. The summed E-state index contributed by atoms with van der Waals surface area (Å²) in [5, 5.41) is 4.13. The normalized spacial score (nSPS) is 15.0. The maximum atomic E-state index is 13.3. The summed E-state index contributed by atoms with van der Waals surface area (Å²) in [6.07, 6.45) is -0.707. The quantitative estimate of drug-likeness (QED) is 0.403. The van der Waals surface area contributed by atoms with Crippen molar-refractivity contribution < 1.29 is 18.0 Å². The van der Waals surface area contributed by atoms with Crippen LogP contribution in [0.4, 0.5) is 13.2 Å². The third-order valence-electron chi connectivity index (χ3n) is 6.10. The molecule has 0 spiro atoms. The van der Waals surface area contributed by atoms with E-state index in [1.165, 1.54) is 12.1 Å². The molecule has 0 unspecified atom stereocenters. The first-order valence-corrected chi connectivity index (χ1v) is 10.5. The number of amides is 1. The van der Waals surface area contributed by atoms with Gasteiger partial charge in [0.05, 0.1) is 22.2 Å². The molecule has 6 heteroatoms. The predicted octanol–water partition coefficient (Wildman–Crippen LogP) is 6.13. The Kier molecular flexibility index (Phi) is 4.81. The SMILES string of the molecule is O=C(NC1(c2ccccc2)CC1)c1cccc2ccn(Cc3ccc(C(F)(F)F)cc3)c12. The molecule has 0 atom stereocenters. The average Bonchev–Trinajstić information content (AvgIpc) is 3.46. The minimum absolute atomic E-state index is 0.149. The molecule has 1 fully saturated rings. The molecule has 1 heterocycles. The highest BCUT2D eigenvalue weighted by molar-refractivity contribution is 6.06. The molecule has 1 saturated carbocycles. The largest absolute Gasteiger partial charge is 0.416 e. The molecule has 4 aromatic rings. The standard InChI is InChI=1S/C26H21F3N2O/c27-26(28,29)21-11-9-18(10-12-21)17-31-16-13-19-5-4-8-22(23(19)31)24(32)30-25(14-15-25)20-6-2-1-3-7-20/h1-13,16H,14-15,17H2,(H,30,32). The molecule has 1 aliphatic carbocycles. The van der Waals surface area contributed by atoms with Crippen molar-refractivity contribution in [3.63, 3.8) is 0 Å². The van der Waals surface area contributed by atoms with Crippen molar-refractivity contribution in [2.75, 3.05) is 0 Å². The van der Waals surface area contributed by atoms with E-state index in [9.17, 15) is 18.0 Å². The number of fused-ring (bicyclic) bond motifs is 1. The van der Waals surface area contributed by atoms with Crippen molar-refractivity contribution >= 4 is 16.8 Å². The van der Waals surface area contributed by atoms with E-state index in [0.29, 0.717) is 12.1 Å². The van der Waals surface area contributed by atoms with Crippen LogP contribution in [0.5, 0.6) is 0 Å². The first-order chi connectivity index (χ1) is 15.4. The summed E-state index contributed by atoms with van der Waals surface area (Å²) in [4.78, 5) is 13.3. The number of alkyl halides is 3. The molecule has 1 aliphatic rings. The molecule has 3 nitrogen and oxygen atoms in total. The zero-order valence-electron chi connectivity index (χ0n) is 17.2. The van der Waals surface area contributed by atoms with E-state index in [4.69, 9.17) is 0 Å². The number of para-hydroxylation sites is 1. The number of aromatic nitrogens is 1. The second-order valence-electron chi connectivity index (χ2n) is 8.28. The van der Waals surface area contributed by atoms with Crippen molar-refractivity contribution in [3.05, 3.63) is 107 Å². The van der Waals surface area contributed by atoms with E-state index in [1.54, 1.807) is 6.07 Å². The van der Waals surface area contributed by atoms with Crippen molar-refractivity contribution in [2.24, 2.45) is 0 Å². The van der Waals surface area contributed by atoms with E-state index < -0.39 is 11.7 Å². The van der Waals surface area contributed by atoms with E-state index in [1.807, 2.05) is 59.3 Å². The van der Waals surface area contributed by atoms with Gasteiger partial charge in [-0.3, -0.25) is 4.79 Å². The summed E-state index contributed by atoms with van der Waals surface area (Å²) in [6, 6.07) is 22.6. The van der Waals surface area contributed by atoms with Gasteiger partial charge in [0.15, 0.2) is 0 Å². The molecule has 32 heavy (non-hydrogen) atoms. The number of nitrogens with zero attached hydrogens (tertiary/aromatic N) is 1. The second-order valence-corrected chi connectivity index (χ2v) is 8.28. The minimum Gasteiger partial charge on any atom is -0.342 e. The summed E-state index contributed by atoms with van der Waals surface area (Å²) in [6.45, 7) is 0.371. The summed E-state index contributed by atoms with van der Waals surface area (Å²) in [7, 11) is 0. The van der Waals surface area contributed by atoms with Gasteiger partial charge in [-0.15, -0.1) is 0 Å². The van der Waals surface area contributed by atoms with Gasteiger partial charge in [0.25, 0.3) is 5.91 Å². The molecular weight excluding hydrogens is 413 g/mol. The highest BCUT2D eigenvalue weighted by Crippen LogP contribution is 2.45. The Balaban J connectivity index is 1.44. The van der Waals surface area contributed by atoms with Gasteiger partial charge in [-0.2, -0.15) is 13.2 Å². The zero-order valence-corrected chi connectivity index (χ0v) is 17.2. The molecule has 0 saturated heterocycles. The molecule has 0 bridgehead atoms. The summed E-state index contributed by atoms with van der Waals surface area (Å²) >= 11 is 0. The Hall–Kier alpha value is -3.54. The number of carbonyl (C=O) groups excluding carboxylic acids is 1. The molecule has 1 aromatic heterocycles. The van der Waals surface area contributed by atoms with Gasteiger partial charge in [-0.1, -0.05) is 54.6 Å². The van der Waals surface area contributed by atoms with Crippen LogP contribution < -0.4 is 5.32 Å². The van der Waals surface area contributed by atoms with Crippen LogP contribution in [-0.4, -0.2) is 10.5 Å². The van der Waals surface area contributed by atoms with Gasteiger partial charge in [0, 0.05) is 18.1 Å². The fourth-order valence-electron chi connectivity index (χ4n) is 4.22. The Morgan fingerprint density at radius 3 is 2.28 bits per heavy atom. The van der Waals surface area contributed by atoms with Crippen LogP contribution >= 0.6 is 0 Å². The fourth-order valence-corrected chi connectivity index (χ4v) is 4.22. The lowest BCUT2D eigenvalue weighted by atomic mass is 10.0. The van der Waals surface area contributed by atoms with Crippen LogP contribution in [0.3, 0.4) is 0 Å². The monoisotopic (exact) mass is 434 g/mol. The number of nitrogens with one attached hydrogen (secondary N) is 1. The van der Waals surface area contributed by atoms with E-state index in [-0.39, 0.29) is 11.4 Å². The Morgan fingerprint density at radius 2 is 1.62 bits per heavy atom. The maximum Gasteiger partial charge on any atom is 0.416 e. The molecule has 1 amide bonds. The predicted molar refractivity (Wildman–Crippen MR) is 117 cm³/mol. The van der Waals surface area contributed by atoms with Crippen LogP contribution in [0.1, 0.15) is 39.9 Å². The lowest BCUT2D eigenvalue weighted by molar-refractivity contribution is -0.137. The summed E-state index contributed by atoms with van der Waals surface area (Å²) in [5.74, 6) is -0.149. The topological polar surface area (TPSA) is 34.0 Å². The van der Waals surface area contributed by atoms with Crippen LogP contribution in [0.25, 0.3) is 10.9 Å². The van der Waals surface area contributed by atoms with Crippen molar-refractivity contribution in [1.82, 2.24) is 9.88 Å². The van der Waals surface area contributed by atoms with Gasteiger partial charge in [-0.25, -0.2) is 0 Å². The molecule has 1 N–H and O–H groups in total. The molecule has 162 valence electrons. The van der Waals surface area contributed by atoms with Gasteiger partial charge >= 0.3 is 6.18 Å². The fraction of sp³-hybridized carbons (Fsp3) is 0.192. The lowest BCUT2D eigenvalue weighted by Gasteiger charge is -2.19. The first kappa shape index (κ1) is 20.4. The van der Waals surface area contributed by atoms with Crippen LogP contribution in [0.2, 0.25) is 0 Å². The van der Waals surface area contributed by atoms with E-state index in [0.717, 1.165) is 47.0 Å².